The zero-order valence-corrected chi connectivity index (χ0v) is 46.1. The van der Waals surface area contributed by atoms with Gasteiger partial charge in [-0.05, 0) is 127 Å². The van der Waals surface area contributed by atoms with Gasteiger partial charge in [-0.15, -0.1) is 10.2 Å². The molecule has 0 atom stereocenters. The molecule has 0 bridgehead atoms. The van der Waals surface area contributed by atoms with Crippen LogP contribution < -0.4 is 15.5 Å². The first-order chi connectivity index (χ1) is 37.0. The molecule has 0 fully saturated rings. The van der Waals surface area contributed by atoms with Crippen LogP contribution >= 0.6 is 0 Å². The maximum Gasteiger partial charge on any atom is 0.416 e. The number of anilines is 3. The number of hydrogen-bond donors (Lipinski definition) is 2. The van der Waals surface area contributed by atoms with Gasteiger partial charge in [-0.3, -0.25) is 14.2 Å². The highest BCUT2D eigenvalue weighted by atomic mass is 19.4. The first kappa shape index (κ1) is 59.9. The first-order valence-corrected chi connectivity index (χ1v) is 24.7. The molecule has 0 aliphatic heterocycles. The number of carboxylic acids is 1. The van der Waals surface area contributed by atoms with Gasteiger partial charge in [0.1, 0.15) is 11.4 Å². The Morgan fingerprint density at radius 3 is 1.43 bits per heavy atom. The van der Waals surface area contributed by atoms with E-state index < -0.39 is 35.2 Å². The highest BCUT2D eigenvalue weighted by Gasteiger charge is 2.33. The van der Waals surface area contributed by atoms with E-state index in [9.17, 15) is 35.9 Å². The number of likely N-dealkylation sites (N-methyl/N-ethyl adjacent to an activating group) is 4. The molecule has 4 aromatic heterocycles. The van der Waals surface area contributed by atoms with Crippen molar-refractivity contribution in [3.05, 3.63) is 148 Å². The van der Waals surface area contributed by atoms with E-state index in [1.807, 2.05) is 121 Å². The Kier molecular flexibility index (Phi) is 18.9. The molecule has 420 valence electrons. The van der Waals surface area contributed by atoms with Crippen LogP contribution in [0, 0.1) is 27.7 Å². The molecule has 24 heteroatoms. The Bertz CT molecular complexity index is 3410. The van der Waals surface area contributed by atoms with E-state index >= 15 is 0 Å². The maximum absolute atomic E-state index is 13.7. The van der Waals surface area contributed by atoms with Gasteiger partial charge in [0, 0.05) is 106 Å². The number of aryl methyl sites for hydroxylation is 4. The number of benzene rings is 4. The van der Waals surface area contributed by atoms with Gasteiger partial charge in [0.2, 0.25) is 0 Å². The fourth-order valence-corrected chi connectivity index (χ4v) is 7.92. The number of alkyl halides is 6. The Morgan fingerprint density at radius 1 is 0.582 bits per heavy atom. The SMILES string of the molecule is CN(C)CCN(C)c1cc(C(=O)O)cc(C(F)(F)F)c1.Cc1ccc(CC(=O)c2cc(N(C)CCN(C)C)cc(C(F)(F)F)c2)cc1-n1cc(-c2cnn(C)c2C)nn1.Cc1ccc(N)cc1-n1cc(-c2cnn(C)c2C)nn1. The third kappa shape index (κ3) is 15.4. The normalized spacial score (nSPS) is 11.6. The van der Waals surface area contributed by atoms with E-state index in [1.54, 1.807) is 62.6 Å². The van der Waals surface area contributed by atoms with Gasteiger partial charge < -0.3 is 30.4 Å². The number of carbonyl (C=O) groups excluding carboxylic acids is 1. The predicted octanol–water partition coefficient (Wildman–Crippen LogP) is 8.99. The van der Waals surface area contributed by atoms with Gasteiger partial charge in [0.15, 0.2) is 5.78 Å². The molecule has 0 aliphatic carbocycles. The minimum Gasteiger partial charge on any atom is -0.478 e. The molecule has 18 nitrogen and oxygen atoms in total. The summed E-state index contributed by atoms with van der Waals surface area (Å²) in [5, 5.41) is 34.3. The monoisotopic (exact) mass is 1100 g/mol. The maximum atomic E-state index is 13.7. The van der Waals surface area contributed by atoms with Crippen molar-refractivity contribution < 1.29 is 41.0 Å². The molecule has 0 amide bonds. The molecule has 0 radical (unpaired) electrons. The van der Waals surface area contributed by atoms with Crippen LogP contribution in [0.15, 0.2) is 97.6 Å². The number of rotatable bonds is 16. The number of nitrogens with two attached hydrogens (primary N) is 1. The molecule has 8 aromatic rings. The van der Waals surface area contributed by atoms with Crippen molar-refractivity contribution in [2.45, 2.75) is 46.5 Å². The lowest BCUT2D eigenvalue weighted by Gasteiger charge is -2.23. The number of nitrogen functional groups attached to an aromatic ring is 1. The lowest BCUT2D eigenvalue weighted by atomic mass is 9.98. The quantitative estimate of drug-likeness (QED) is 0.0530. The number of aromatic carboxylic acids is 1. The Hall–Kier alpha value is -8.38. The van der Waals surface area contributed by atoms with Gasteiger partial charge in [-0.25, -0.2) is 14.2 Å². The van der Waals surface area contributed by atoms with Crippen molar-refractivity contribution in [1.29, 1.82) is 0 Å². The molecule has 0 saturated heterocycles. The van der Waals surface area contributed by atoms with Crippen LogP contribution in [-0.4, -0.2) is 145 Å². The van der Waals surface area contributed by atoms with Gasteiger partial charge in [-0.1, -0.05) is 28.6 Å². The summed E-state index contributed by atoms with van der Waals surface area (Å²) >= 11 is 0. The van der Waals surface area contributed by atoms with Crippen molar-refractivity contribution in [3.63, 3.8) is 0 Å². The second kappa shape index (κ2) is 25.0. The number of halogens is 6. The molecule has 0 saturated carbocycles. The van der Waals surface area contributed by atoms with E-state index in [-0.39, 0.29) is 23.2 Å². The third-order valence-electron chi connectivity index (χ3n) is 13.1. The molecule has 3 N–H and O–H groups in total. The van der Waals surface area contributed by atoms with Crippen LogP contribution in [0.25, 0.3) is 33.9 Å². The van der Waals surface area contributed by atoms with Crippen LogP contribution in [0.3, 0.4) is 0 Å². The number of aromatic nitrogens is 10. The van der Waals surface area contributed by atoms with Crippen LogP contribution in [0.2, 0.25) is 0 Å². The zero-order valence-electron chi connectivity index (χ0n) is 46.1. The molecule has 4 aromatic carbocycles. The van der Waals surface area contributed by atoms with Crippen molar-refractivity contribution in [2.75, 3.05) is 84.0 Å². The van der Waals surface area contributed by atoms with E-state index in [0.717, 1.165) is 68.9 Å². The first-order valence-electron chi connectivity index (χ1n) is 24.7. The lowest BCUT2D eigenvalue weighted by Crippen LogP contribution is -2.28. The summed E-state index contributed by atoms with van der Waals surface area (Å²) < 4.78 is 86.3. The molecular formula is C55H65F6N15O3. The third-order valence-corrected chi connectivity index (χ3v) is 13.1. The standard InChI is InChI=1S/C28H32F3N7O.C14H16N6.C13H17F3N2O2/c1-18-7-8-20(11-26(18)38-17-25(33-34-38)24-16-32-37(6)19(24)2)12-27(39)21-13-22(28(29,30)31)15-23(14-21)36(5)10-9-35(3)4;1-9-4-5-11(15)6-14(9)20-8-13(17-18-20)12-7-16-19(3)10(12)2;1-17(2)4-5-18(3)11-7-9(12(19)20)6-10(8-11)13(14,15)16/h7-8,11,13-17H,9-10,12H2,1-6H3;4-8H,15H2,1-3H3;6-8H,4-5H2,1-3H3,(H,19,20). The average Bonchev–Trinajstić information content (AvgIpc) is 4.34. The van der Waals surface area contributed by atoms with Crippen molar-refractivity contribution in [2.24, 2.45) is 14.1 Å². The van der Waals surface area contributed by atoms with Crippen LogP contribution in [-0.2, 0) is 32.9 Å². The molecule has 0 aliphatic rings. The van der Waals surface area contributed by atoms with Crippen molar-refractivity contribution in [3.8, 4) is 33.9 Å². The summed E-state index contributed by atoms with van der Waals surface area (Å²) in [5.41, 5.74) is 14.6. The summed E-state index contributed by atoms with van der Waals surface area (Å²) in [6, 6.07) is 17.6. The fraction of sp³-hybridized carbons (Fsp3) is 0.345. The second-order valence-corrected chi connectivity index (χ2v) is 19.7. The summed E-state index contributed by atoms with van der Waals surface area (Å²) in [5.74, 6) is -1.78. The van der Waals surface area contributed by atoms with E-state index in [0.29, 0.717) is 54.9 Å². The highest BCUT2D eigenvalue weighted by molar-refractivity contribution is 5.98. The number of carbonyl (C=O) groups is 2. The van der Waals surface area contributed by atoms with Crippen molar-refractivity contribution >= 4 is 28.8 Å². The smallest absolute Gasteiger partial charge is 0.416 e. The Labute approximate surface area is 454 Å². The number of carboxylic acid groups (broad SMARTS) is 1. The molecule has 0 spiro atoms. The molecule has 4 heterocycles. The number of hydrogen-bond acceptors (Lipinski definition) is 13. The van der Waals surface area contributed by atoms with Gasteiger partial charge in [0.25, 0.3) is 0 Å². The summed E-state index contributed by atoms with van der Waals surface area (Å²) in [7, 11) is 14.6. The van der Waals surface area contributed by atoms with Gasteiger partial charge in [-0.2, -0.15) is 36.5 Å². The molecule has 8 rings (SSSR count). The average molecular weight is 1100 g/mol. The fourth-order valence-electron chi connectivity index (χ4n) is 7.92. The van der Waals surface area contributed by atoms with Gasteiger partial charge >= 0.3 is 18.3 Å². The van der Waals surface area contributed by atoms with Crippen LogP contribution in [0.4, 0.5) is 43.4 Å². The van der Waals surface area contributed by atoms with E-state index in [2.05, 4.69) is 30.8 Å². The molecule has 79 heavy (non-hydrogen) atoms. The van der Waals surface area contributed by atoms with Crippen molar-refractivity contribution in [1.82, 2.24) is 59.3 Å². The highest BCUT2D eigenvalue weighted by Crippen LogP contribution is 2.35. The lowest BCUT2D eigenvalue weighted by molar-refractivity contribution is -0.138. The number of nitrogens with zero attached hydrogens (tertiary/aromatic N) is 14. The Balaban J connectivity index is 0.000000211. The molecule has 0 unspecified atom stereocenters. The zero-order chi connectivity index (χ0) is 58.3. The predicted molar refractivity (Wildman–Crippen MR) is 292 cm³/mol. The second-order valence-electron chi connectivity index (χ2n) is 19.7. The van der Waals surface area contributed by atoms with E-state index in [4.69, 9.17) is 10.8 Å². The van der Waals surface area contributed by atoms with Gasteiger partial charge in [0.05, 0.1) is 52.9 Å². The van der Waals surface area contributed by atoms with E-state index in [1.165, 1.54) is 12.1 Å². The summed E-state index contributed by atoms with van der Waals surface area (Å²) in [4.78, 5) is 31.3. The number of ketones is 1. The minimum atomic E-state index is -4.57. The minimum absolute atomic E-state index is 0.0220. The largest absolute Gasteiger partial charge is 0.478 e. The summed E-state index contributed by atoms with van der Waals surface area (Å²) in [6.07, 6.45) is -1.97. The topological polar surface area (TPSA) is 190 Å². The van der Waals surface area contributed by atoms with Crippen LogP contribution in [0.1, 0.15) is 59.9 Å². The van der Waals surface area contributed by atoms with Crippen LogP contribution in [0.5, 0.6) is 0 Å². The Morgan fingerprint density at radius 2 is 1.01 bits per heavy atom. The number of Topliss-reactive ketones (excluding diaryl/α,β-unsaturated/α-hetero) is 1. The molecular weight excluding hydrogens is 1030 g/mol. The summed E-state index contributed by atoms with van der Waals surface area (Å²) in [6.45, 7) is 10.2.